The fourth-order valence-electron chi connectivity index (χ4n) is 2.59. The molecule has 0 saturated heterocycles. The molecule has 0 radical (unpaired) electrons. The van der Waals surface area contributed by atoms with Crippen LogP contribution < -0.4 is 10.6 Å². The monoisotopic (exact) mass is 347 g/mol. The van der Waals surface area contributed by atoms with Gasteiger partial charge in [-0.05, 0) is 51.3 Å². The minimum Gasteiger partial charge on any atom is -0.350 e. The summed E-state index contributed by atoms with van der Waals surface area (Å²) in [5.74, 6) is 0.222. The Morgan fingerprint density at radius 1 is 1.08 bits per heavy atom. The van der Waals surface area contributed by atoms with Crippen LogP contribution in [0.15, 0.2) is 24.3 Å². The summed E-state index contributed by atoms with van der Waals surface area (Å²) in [6, 6.07) is 7.91. The van der Waals surface area contributed by atoms with E-state index in [0.717, 1.165) is 17.7 Å². The molecule has 25 heavy (non-hydrogen) atoms. The molecule has 0 aromatic heterocycles. The number of carbonyl (C=O) groups excluding carboxylic acids is 2. The molecule has 2 amide bonds. The summed E-state index contributed by atoms with van der Waals surface area (Å²) in [5.41, 5.74) is 1.73. The second-order valence-corrected chi connectivity index (χ2v) is 7.55. The maximum atomic E-state index is 12.4. The molecule has 2 N–H and O–H groups in total. The molecule has 0 saturated carbocycles. The molecule has 1 aromatic carbocycles. The van der Waals surface area contributed by atoms with Crippen molar-refractivity contribution in [2.45, 2.75) is 59.4 Å². The summed E-state index contributed by atoms with van der Waals surface area (Å²) >= 11 is 0. The Labute approximate surface area is 152 Å². The highest BCUT2D eigenvalue weighted by Crippen LogP contribution is 2.26. The van der Waals surface area contributed by atoms with Gasteiger partial charge in [0, 0.05) is 11.2 Å². The maximum Gasteiger partial charge on any atom is 0.238 e. The predicted octanol–water partition coefficient (Wildman–Crippen LogP) is 3.38. The van der Waals surface area contributed by atoms with Gasteiger partial charge in [0.25, 0.3) is 0 Å². The summed E-state index contributed by atoms with van der Waals surface area (Å²) in [5, 5.41) is 5.93. The lowest BCUT2D eigenvalue weighted by Gasteiger charge is -2.24. The number of hydrogen-bond acceptors (Lipinski definition) is 3. The van der Waals surface area contributed by atoms with Gasteiger partial charge in [0.15, 0.2) is 0 Å². The van der Waals surface area contributed by atoms with Crippen LogP contribution >= 0.6 is 0 Å². The lowest BCUT2D eigenvalue weighted by Crippen LogP contribution is -2.47. The lowest BCUT2D eigenvalue weighted by atomic mass is 9.97. The van der Waals surface area contributed by atoms with Crippen molar-refractivity contribution in [2.24, 2.45) is 0 Å². The molecular weight excluding hydrogens is 314 g/mol. The topological polar surface area (TPSA) is 61.4 Å². The second kappa shape index (κ2) is 9.56. The smallest absolute Gasteiger partial charge is 0.238 e. The molecule has 0 aliphatic rings. The van der Waals surface area contributed by atoms with Crippen molar-refractivity contribution >= 4 is 17.5 Å². The van der Waals surface area contributed by atoms with Crippen LogP contribution in [0.5, 0.6) is 0 Å². The number of para-hydroxylation sites is 1. The van der Waals surface area contributed by atoms with Crippen LogP contribution in [0.1, 0.15) is 59.4 Å². The molecule has 140 valence electrons. The van der Waals surface area contributed by atoms with E-state index in [4.69, 9.17) is 0 Å². The van der Waals surface area contributed by atoms with Crippen LogP contribution in [0.2, 0.25) is 0 Å². The molecule has 0 fully saturated rings. The Morgan fingerprint density at radius 2 is 1.68 bits per heavy atom. The third kappa shape index (κ3) is 7.69. The van der Waals surface area contributed by atoms with E-state index in [1.54, 1.807) is 0 Å². The summed E-state index contributed by atoms with van der Waals surface area (Å²) < 4.78 is 0. The number of hydrogen-bond donors (Lipinski definition) is 2. The molecule has 0 bridgehead atoms. The highest BCUT2D eigenvalue weighted by molar-refractivity contribution is 5.93. The second-order valence-electron chi connectivity index (χ2n) is 7.55. The molecule has 0 unspecified atom stereocenters. The predicted molar refractivity (Wildman–Crippen MR) is 104 cm³/mol. The van der Waals surface area contributed by atoms with E-state index in [-0.39, 0.29) is 30.4 Å². The van der Waals surface area contributed by atoms with Crippen LogP contribution in [-0.2, 0) is 9.59 Å². The first-order valence-corrected chi connectivity index (χ1v) is 9.08. The van der Waals surface area contributed by atoms with Crippen LogP contribution in [0.25, 0.3) is 0 Å². The molecule has 1 rings (SSSR count). The van der Waals surface area contributed by atoms with Crippen molar-refractivity contribution < 1.29 is 9.59 Å². The number of benzene rings is 1. The number of nitrogens with zero attached hydrogens (tertiary/aromatic N) is 1. The lowest BCUT2D eigenvalue weighted by molar-refractivity contribution is -0.124. The van der Waals surface area contributed by atoms with Crippen molar-refractivity contribution in [3.63, 3.8) is 0 Å². The van der Waals surface area contributed by atoms with Crippen LogP contribution in [0.4, 0.5) is 5.69 Å². The van der Waals surface area contributed by atoms with Gasteiger partial charge in [0.1, 0.15) is 0 Å². The number of amides is 2. The van der Waals surface area contributed by atoms with Gasteiger partial charge in [-0.15, -0.1) is 0 Å². The van der Waals surface area contributed by atoms with Gasteiger partial charge in [-0.1, -0.05) is 39.0 Å². The van der Waals surface area contributed by atoms with E-state index in [9.17, 15) is 9.59 Å². The zero-order chi connectivity index (χ0) is 19.0. The summed E-state index contributed by atoms with van der Waals surface area (Å²) in [6.45, 7) is 13.1. The molecule has 0 aliphatic heterocycles. The van der Waals surface area contributed by atoms with E-state index in [2.05, 4.69) is 30.5 Å². The van der Waals surface area contributed by atoms with Crippen LogP contribution in [-0.4, -0.2) is 41.9 Å². The van der Waals surface area contributed by atoms with Crippen LogP contribution in [0.3, 0.4) is 0 Å². The SMILES string of the molecule is CC[C@@H](C)c1ccccc1NC(=O)CN(CC)CC(=O)NC(C)(C)C. The molecule has 0 aliphatic carbocycles. The van der Waals surface area contributed by atoms with Gasteiger partial charge >= 0.3 is 0 Å². The number of anilines is 1. The van der Waals surface area contributed by atoms with Crippen molar-refractivity contribution in [2.75, 3.05) is 25.0 Å². The van der Waals surface area contributed by atoms with E-state index in [0.29, 0.717) is 12.5 Å². The van der Waals surface area contributed by atoms with Crippen molar-refractivity contribution in [3.05, 3.63) is 29.8 Å². The summed E-state index contributed by atoms with van der Waals surface area (Å²) in [4.78, 5) is 26.3. The Morgan fingerprint density at radius 3 is 2.24 bits per heavy atom. The maximum absolute atomic E-state index is 12.4. The Balaban J connectivity index is 2.67. The third-order valence-electron chi connectivity index (χ3n) is 4.07. The number of nitrogens with one attached hydrogen (secondary N) is 2. The number of carbonyl (C=O) groups is 2. The molecule has 5 nitrogen and oxygen atoms in total. The summed E-state index contributed by atoms with van der Waals surface area (Å²) in [6.07, 6.45) is 1.01. The minimum absolute atomic E-state index is 0.0674. The molecule has 1 atom stereocenters. The van der Waals surface area contributed by atoms with Crippen molar-refractivity contribution in [1.29, 1.82) is 0 Å². The number of likely N-dealkylation sites (N-methyl/N-ethyl adjacent to an activating group) is 1. The van der Waals surface area contributed by atoms with E-state index < -0.39 is 0 Å². The average molecular weight is 348 g/mol. The average Bonchev–Trinajstić information content (AvgIpc) is 2.52. The minimum atomic E-state index is -0.270. The highest BCUT2D eigenvalue weighted by Gasteiger charge is 2.18. The first-order valence-electron chi connectivity index (χ1n) is 9.08. The van der Waals surface area contributed by atoms with E-state index >= 15 is 0 Å². The molecule has 0 heterocycles. The zero-order valence-electron chi connectivity index (χ0n) is 16.5. The van der Waals surface area contributed by atoms with Crippen molar-refractivity contribution in [1.82, 2.24) is 10.2 Å². The van der Waals surface area contributed by atoms with Gasteiger partial charge in [-0.2, -0.15) is 0 Å². The molecular formula is C20H33N3O2. The van der Waals surface area contributed by atoms with Gasteiger partial charge in [0.05, 0.1) is 13.1 Å². The summed E-state index contributed by atoms with van der Waals surface area (Å²) in [7, 11) is 0. The van der Waals surface area contributed by atoms with Gasteiger partial charge in [-0.25, -0.2) is 0 Å². The van der Waals surface area contributed by atoms with E-state index in [1.165, 1.54) is 0 Å². The molecule has 1 aromatic rings. The molecule has 0 spiro atoms. The number of rotatable bonds is 8. The molecule has 5 heteroatoms. The Bertz CT molecular complexity index is 579. The Hall–Kier alpha value is -1.88. The van der Waals surface area contributed by atoms with Crippen molar-refractivity contribution in [3.8, 4) is 0 Å². The van der Waals surface area contributed by atoms with Gasteiger partial charge in [0.2, 0.25) is 11.8 Å². The van der Waals surface area contributed by atoms with Gasteiger partial charge < -0.3 is 10.6 Å². The Kier molecular flexibility index (Phi) is 8.10. The van der Waals surface area contributed by atoms with Gasteiger partial charge in [-0.3, -0.25) is 14.5 Å². The normalized spacial score (nSPS) is 12.8. The fourth-order valence-corrected chi connectivity index (χ4v) is 2.59. The van der Waals surface area contributed by atoms with Crippen LogP contribution in [0, 0.1) is 0 Å². The first kappa shape index (κ1) is 21.2. The standard InChI is InChI=1S/C20H33N3O2/c1-7-15(3)16-11-9-10-12-17(16)21-18(24)13-23(8-2)14-19(25)22-20(4,5)6/h9-12,15H,7-8,13-14H2,1-6H3,(H,21,24)(H,22,25)/t15-/m1/s1. The zero-order valence-corrected chi connectivity index (χ0v) is 16.5. The quantitative estimate of drug-likeness (QED) is 0.758. The van der Waals surface area contributed by atoms with E-state index in [1.807, 2.05) is 50.8 Å². The third-order valence-corrected chi connectivity index (χ3v) is 4.07. The largest absolute Gasteiger partial charge is 0.350 e. The highest BCUT2D eigenvalue weighted by atomic mass is 16.2. The first-order chi connectivity index (χ1) is 11.7. The fraction of sp³-hybridized carbons (Fsp3) is 0.600.